The highest BCUT2D eigenvalue weighted by Gasteiger charge is 2.25. The van der Waals surface area contributed by atoms with Crippen LogP contribution in [0.15, 0.2) is 17.3 Å². The summed E-state index contributed by atoms with van der Waals surface area (Å²) in [6.45, 7) is 0.280. The minimum atomic E-state index is -3.52. The van der Waals surface area contributed by atoms with Crippen LogP contribution >= 0.6 is 0 Å². The number of aromatic amines is 1. The Morgan fingerprint density at radius 3 is 2.88 bits per heavy atom. The largest absolute Gasteiger partial charge is 0.393 e. The molecule has 6 nitrogen and oxygen atoms in total. The summed E-state index contributed by atoms with van der Waals surface area (Å²) in [6, 6.07) is 1.40. The summed E-state index contributed by atoms with van der Waals surface area (Å²) < 4.78 is 26.1. The number of hydrogen-bond acceptors (Lipinski definition) is 4. The van der Waals surface area contributed by atoms with Crippen LogP contribution in [0.4, 0.5) is 0 Å². The molecule has 1 aliphatic rings. The van der Waals surface area contributed by atoms with Crippen LogP contribution in [0.5, 0.6) is 0 Å². The summed E-state index contributed by atoms with van der Waals surface area (Å²) >= 11 is 0. The van der Waals surface area contributed by atoms with Gasteiger partial charge in [-0.05, 0) is 24.8 Å². The number of aliphatic hydroxyl groups excluding tert-OH is 1. The van der Waals surface area contributed by atoms with Crippen molar-refractivity contribution in [2.75, 3.05) is 6.54 Å². The van der Waals surface area contributed by atoms with E-state index in [1.54, 1.807) is 0 Å². The molecule has 1 saturated carbocycles. The fourth-order valence-electron chi connectivity index (χ4n) is 2.11. The molecule has 2 atom stereocenters. The van der Waals surface area contributed by atoms with Crippen molar-refractivity contribution in [3.8, 4) is 0 Å². The Morgan fingerprint density at radius 2 is 2.24 bits per heavy atom. The van der Waals surface area contributed by atoms with Gasteiger partial charge in [0.05, 0.1) is 12.3 Å². The predicted molar refractivity (Wildman–Crippen MR) is 61.7 cm³/mol. The zero-order chi connectivity index (χ0) is 12.3. The smallest absolute Gasteiger partial charge is 0.257 e. The quantitative estimate of drug-likeness (QED) is 0.721. The van der Waals surface area contributed by atoms with E-state index in [9.17, 15) is 13.5 Å². The monoisotopic (exact) mass is 259 g/mol. The van der Waals surface area contributed by atoms with Crippen LogP contribution in [0, 0.1) is 5.92 Å². The van der Waals surface area contributed by atoms with E-state index in [0.29, 0.717) is 0 Å². The minimum Gasteiger partial charge on any atom is -0.393 e. The Morgan fingerprint density at radius 1 is 1.47 bits per heavy atom. The van der Waals surface area contributed by atoms with Crippen molar-refractivity contribution >= 4 is 10.0 Å². The van der Waals surface area contributed by atoms with Gasteiger partial charge in [-0.1, -0.05) is 12.8 Å². The molecule has 0 bridgehead atoms. The standard InChI is InChI=1S/C10H17N3O3S/c14-9-4-2-1-3-8(9)7-12-17(15,16)10-5-6-11-13-10/h5-6,8-9,12,14H,1-4,7H2,(H,11,13). The summed E-state index contributed by atoms with van der Waals surface area (Å²) in [6.07, 6.45) is 4.69. The third-order valence-electron chi connectivity index (χ3n) is 3.17. The Labute approximate surface area is 100 Å². The molecule has 17 heavy (non-hydrogen) atoms. The molecule has 96 valence electrons. The van der Waals surface area contributed by atoms with Crippen molar-refractivity contribution in [1.29, 1.82) is 0 Å². The van der Waals surface area contributed by atoms with Crippen LogP contribution in [0.1, 0.15) is 25.7 Å². The summed E-state index contributed by atoms with van der Waals surface area (Å²) in [5.74, 6) is 0.0152. The number of nitrogens with one attached hydrogen (secondary N) is 2. The van der Waals surface area contributed by atoms with Gasteiger partial charge in [0.15, 0.2) is 5.03 Å². The number of nitrogens with zero attached hydrogens (tertiary/aromatic N) is 1. The maximum Gasteiger partial charge on any atom is 0.257 e. The lowest BCUT2D eigenvalue weighted by atomic mass is 9.87. The number of aliphatic hydroxyl groups is 1. The van der Waals surface area contributed by atoms with E-state index in [0.717, 1.165) is 25.7 Å². The molecule has 0 radical (unpaired) electrons. The molecule has 1 fully saturated rings. The highest BCUT2D eigenvalue weighted by atomic mass is 32.2. The van der Waals surface area contributed by atoms with Crippen LogP contribution in [-0.2, 0) is 10.0 Å². The van der Waals surface area contributed by atoms with Gasteiger partial charge in [0.1, 0.15) is 0 Å². The van der Waals surface area contributed by atoms with Crippen molar-refractivity contribution in [3.05, 3.63) is 12.3 Å². The van der Waals surface area contributed by atoms with Crippen LogP contribution < -0.4 is 4.72 Å². The molecular weight excluding hydrogens is 242 g/mol. The number of H-pyrrole nitrogens is 1. The van der Waals surface area contributed by atoms with E-state index in [2.05, 4.69) is 14.9 Å². The van der Waals surface area contributed by atoms with Gasteiger partial charge in [0, 0.05) is 6.54 Å². The van der Waals surface area contributed by atoms with E-state index >= 15 is 0 Å². The van der Waals surface area contributed by atoms with Crippen LogP contribution in [0.3, 0.4) is 0 Å². The Balaban J connectivity index is 1.93. The van der Waals surface area contributed by atoms with E-state index < -0.39 is 16.1 Å². The highest BCUT2D eigenvalue weighted by molar-refractivity contribution is 7.89. The first kappa shape index (κ1) is 12.5. The van der Waals surface area contributed by atoms with Crippen molar-refractivity contribution < 1.29 is 13.5 Å². The Bertz CT molecular complexity index is 443. The van der Waals surface area contributed by atoms with Gasteiger partial charge >= 0.3 is 0 Å². The van der Waals surface area contributed by atoms with E-state index in [1.165, 1.54) is 12.3 Å². The lowest BCUT2D eigenvalue weighted by molar-refractivity contribution is 0.0724. The van der Waals surface area contributed by atoms with Gasteiger partial charge in [-0.3, -0.25) is 5.10 Å². The van der Waals surface area contributed by atoms with Crippen molar-refractivity contribution in [2.45, 2.75) is 36.8 Å². The first-order chi connectivity index (χ1) is 8.09. The highest BCUT2D eigenvalue weighted by Crippen LogP contribution is 2.23. The van der Waals surface area contributed by atoms with Gasteiger partial charge in [-0.2, -0.15) is 5.10 Å². The molecule has 0 aromatic carbocycles. The van der Waals surface area contributed by atoms with Gasteiger partial charge < -0.3 is 5.11 Å². The SMILES string of the molecule is O=S(=O)(NCC1CCCCC1O)c1ccn[nH]1. The Hall–Kier alpha value is -0.920. The normalized spacial score (nSPS) is 25.9. The second kappa shape index (κ2) is 5.16. The third kappa shape index (κ3) is 3.05. The van der Waals surface area contributed by atoms with Crippen molar-refractivity contribution in [1.82, 2.24) is 14.9 Å². The number of hydrogen-bond donors (Lipinski definition) is 3. The molecule has 2 rings (SSSR count). The van der Waals surface area contributed by atoms with Crippen LogP contribution in [0.2, 0.25) is 0 Å². The molecule has 0 amide bonds. The second-order valence-electron chi connectivity index (χ2n) is 4.38. The molecule has 0 spiro atoms. The first-order valence-electron chi connectivity index (χ1n) is 5.77. The number of aromatic nitrogens is 2. The van der Waals surface area contributed by atoms with Crippen LogP contribution in [-0.4, -0.2) is 36.4 Å². The van der Waals surface area contributed by atoms with Gasteiger partial charge in [-0.15, -0.1) is 0 Å². The predicted octanol–water partition coefficient (Wildman–Crippen LogP) is 0.239. The topological polar surface area (TPSA) is 95.1 Å². The summed E-state index contributed by atoms with van der Waals surface area (Å²) in [7, 11) is -3.52. The molecule has 0 saturated heterocycles. The van der Waals surface area contributed by atoms with Crippen LogP contribution in [0.25, 0.3) is 0 Å². The third-order valence-corrected chi connectivity index (χ3v) is 4.52. The molecule has 1 heterocycles. The van der Waals surface area contributed by atoms with Gasteiger partial charge in [-0.25, -0.2) is 13.1 Å². The Kier molecular flexibility index (Phi) is 3.80. The zero-order valence-electron chi connectivity index (χ0n) is 9.46. The van der Waals surface area contributed by atoms with Gasteiger partial charge in [0.25, 0.3) is 10.0 Å². The van der Waals surface area contributed by atoms with E-state index in [1.807, 2.05) is 0 Å². The molecule has 0 aliphatic heterocycles. The lowest BCUT2D eigenvalue weighted by Crippen LogP contribution is -2.36. The van der Waals surface area contributed by atoms with Crippen molar-refractivity contribution in [2.24, 2.45) is 5.92 Å². The maximum atomic E-state index is 11.8. The lowest BCUT2D eigenvalue weighted by Gasteiger charge is -2.27. The number of sulfonamides is 1. The second-order valence-corrected chi connectivity index (χ2v) is 6.12. The maximum absolute atomic E-state index is 11.8. The first-order valence-corrected chi connectivity index (χ1v) is 7.25. The minimum absolute atomic E-state index is 0.0152. The molecule has 7 heteroatoms. The molecule has 2 unspecified atom stereocenters. The average Bonchev–Trinajstić information content (AvgIpc) is 2.82. The average molecular weight is 259 g/mol. The molecule has 1 aromatic rings. The van der Waals surface area contributed by atoms with Gasteiger partial charge in [0.2, 0.25) is 0 Å². The fraction of sp³-hybridized carbons (Fsp3) is 0.700. The van der Waals surface area contributed by atoms with E-state index in [4.69, 9.17) is 0 Å². The summed E-state index contributed by atoms with van der Waals surface area (Å²) in [5.41, 5.74) is 0. The van der Waals surface area contributed by atoms with Crippen molar-refractivity contribution in [3.63, 3.8) is 0 Å². The zero-order valence-corrected chi connectivity index (χ0v) is 10.3. The van der Waals surface area contributed by atoms with E-state index in [-0.39, 0.29) is 17.5 Å². The molecule has 1 aliphatic carbocycles. The number of rotatable bonds is 4. The summed E-state index contributed by atoms with van der Waals surface area (Å²) in [5, 5.41) is 15.8. The summed E-state index contributed by atoms with van der Waals surface area (Å²) in [4.78, 5) is 0. The molecule has 3 N–H and O–H groups in total. The molecular formula is C10H17N3O3S. The fourth-order valence-corrected chi connectivity index (χ4v) is 3.12. The molecule has 1 aromatic heterocycles.